The van der Waals surface area contributed by atoms with Gasteiger partial charge in [0, 0.05) is 19.1 Å². The number of nitrogens with one attached hydrogen (secondary N) is 1. The highest BCUT2D eigenvalue weighted by Gasteiger charge is 2.20. The van der Waals surface area contributed by atoms with Crippen LogP contribution in [0.25, 0.3) is 0 Å². The molecular formula is C16H27FN2. The van der Waals surface area contributed by atoms with Gasteiger partial charge in [-0.2, -0.15) is 0 Å². The maximum absolute atomic E-state index is 12.9. The zero-order chi connectivity index (χ0) is 14.5. The van der Waals surface area contributed by atoms with E-state index in [-0.39, 0.29) is 11.2 Å². The molecule has 0 saturated carbocycles. The second-order valence-corrected chi connectivity index (χ2v) is 6.30. The van der Waals surface area contributed by atoms with Crippen molar-refractivity contribution in [3.8, 4) is 0 Å². The summed E-state index contributed by atoms with van der Waals surface area (Å²) < 4.78 is 12.9. The van der Waals surface area contributed by atoms with Gasteiger partial charge in [0.15, 0.2) is 0 Å². The fourth-order valence-corrected chi connectivity index (χ4v) is 2.50. The predicted octanol–water partition coefficient (Wildman–Crippen LogP) is 3.45. The van der Waals surface area contributed by atoms with Crippen LogP contribution in [-0.4, -0.2) is 32.1 Å². The SMILES string of the molecule is CCC(NCC(C)(C)CN(C)C)c1ccc(F)cc1. The van der Waals surface area contributed by atoms with Gasteiger partial charge in [0.25, 0.3) is 0 Å². The summed E-state index contributed by atoms with van der Waals surface area (Å²) in [6, 6.07) is 7.10. The largest absolute Gasteiger partial charge is 0.309 e. The van der Waals surface area contributed by atoms with Gasteiger partial charge in [0.2, 0.25) is 0 Å². The third kappa shape index (κ3) is 5.70. The van der Waals surface area contributed by atoms with Crippen molar-refractivity contribution >= 4 is 0 Å². The monoisotopic (exact) mass is 266 g/mol. The third-order valence-corrected chi connectivity index (χ3v) is 3.25. The average Bonchev–Trinajstić information content (AvgIpc) is 2.30. The molecule has 2 nitrogen and oxygen atoms in total. The van der Waals surface area contributed by atoms with Gasteiger partial charge < -0.3 is 10.2 Å². The van der Waals surface area contributed by atoms with Crippen LogP contribution >= 0.6 is 0 Å². The molecule has 3 heteroatoms. The molecule has 19 heavy (non-hydrogen) atoms. The van der Waals surface area contributed by atoms with Gasteiger partial charge >= 0.3 is 0 Å². The van der Waals surface area contributed by atoms with E-state index >= 15 is 0 Å². The molecule has 1 aromatic carbocycles. The van der Waals surface area contributed by atoms with Gasteiger partial charge in [0.05, 0.1) is 0 Å². The molecule has 0 aromatic heterocycles. The van der Waals surface area contributed by atoms with Crippen molar-refractivity contribution in [3.63, 3.8) is 0 Å². The van der Waals surface area contributed by atoms with Crippen LogP contribution in [0.5, 0.6) is 0 Å². The molecule has 108 valence electrons. The first-order chi connectivity index (χ1) is 8.84. The van der Waals surface area contributed by atoms with Crippen molar-refractivity contribution < 1.29 is 4.39 Å². The second kappa shape index (κ2) is 7.01. The number of nitrogens with zero attached hydrogens (tertiary/aromatic N) is 1. The summed E-state index contributed by atoms with van der Waals surface area (Å²) in [6.07, 6.45) is 1.00. The quantitative estimate of drug-likeness (QED) is 0.813. The molecule has 1 rings (SSSR count). The average molecular weight is 266 g/mol. The van der Waals surface area contributed by atoms with Gasteiger partial charge in [-0.25, -0.2) is 4.39 Å². The first kappa shape index (κ1) is 16.1. The predicted molar refractivity (Wildman–Crippen MR) is 79.8 cm³/mol. The van der Waals surface area contributed by atoms with Crippen molar-refractivity contribution in [3.05, 3.63) is 35.6 Å². The normalized spacial score (nSPS) is 13.8. The highest BCUT2D eigenvalue weighted by Crippen LogP contribution is 2.20. The van der Waals surface area contributed by atoms with Gasteiger partial charge in [-0.3, -0.25) is 0 Å². The molecule has 1 unspecified atom stereocenters. The van der Waals surface area contributed by atoms with Crippen LogP contribution in [-0.2, 0) is 0 Å². The van der Waals surface area contributed by atoms with Crippen LogP contribution in [0, 0.1) is 11.2 Å². The maximum atomic E-state index is 12.9. The van der Waals surface area contributed by atoms with E-state index in [0.717, 1.165) is 25.1 Å². The molecule has 0 aliphatic carbocycles. The lowest BCUT2D eigenvalue weighted by Gasteiger charge is -2.31. The Kier molecular flexibility index (Phi) is 5.95. The summed E-state index contributed by atoms with van der Waals surface area (Å²) in [7, 11) is 4.19. The molecule has 0 radical (unpaired) electrons. The summed E-state index contributed by atoms with van der Waals surface area (Å²) >= 11 is 0. The van der Waals surface area contributed by atoms with E-state index in [1.165, 1.54) is 12.1 Å². The number of benzene rings is 1. The van der Waals surface area contributed by atoms with Crippen molar-refractivity contribution in [2.45, 2.75) is 33.2 Å². The lowest BCUT2D eigenvalue weighted by Crippen LogP contribution is -2.38. The minimum atomic E-state index is -0.174. The Balaban J connectivity index is 2.60. The van der Waals surface area contributed by atoms with Gasteiger partial charge in [0.1, 0.15) is 5.82 Å². The van der Waals surface area contributed by atoms with Crippen molar-refractivity contribution in [2.24, 2.45) is 5.41 Å². The Morgan fingerprint density at radius 3 is 2.26 bits per heavy atom. The third-order valence-electron chi connectivity index (χ3n) is 3.25. The summed E-state index contributed by atoms with van der Waals surface area (Å²) in [5.41, 5.74) is 1.38. The zero-order valence-corrected chi connectivity index (χ0v) is 12.8. The highest BCUT2D eigenvalue weighted by atomic mass is 19.1. The van der Waals surface area contributed by atoms with Gasteiger partial charge in [-0.05, 0) is 43.6 Å². The highest BCUT2D eigenvalue weighted by molar-refractivity contribution is 5.19. The number of hydrogen-bond acceptors (Lipinski definition) is 2. The van der Waals surface area contributed by atoms with E-state index in [4.69, 9.17) is 0 Å². The fraction of sp³-hybridized carbons (Fsp3) is 0.625. The van der Waals surface area contributed by atoms with E-state index in [0.29, 0.717) is 6.04 Å². The molecule has 1 N–H and O–H groups in total. The summed E-state index contributed by atoms with van der Waals surface area (Å²) in [4.78, 5) is 2.21. The molecule has 0 bridgehead atoms. The molecule has 0 fully saturated rings. The van der Waals surface area contributed by atoms with Gasteiger partial charge in [-0.1, -0.05) is 32.9 Å². The maximum Gasteiger partial charge on any atom is 0.123 e. The molecule has 1 aromatic rings. The van der Waals surface area contributed by atoms with Gasteiger partial charge in [-0.15, -0.1) is 0 Å². The lowest BCUT2D eigenvalue weighted by molar-refractivity contribution is 0.224. The lowest BCUT2D eigenvalue weighted by atomic mass is 9.92. The van der Waals surface area contributed by atoms with Crippen LogP contribution in [0.15, 0.2) is 24.3 Å². The fourth-order valence-electron chi connectivity index (χ4n) is 2.50. The molecule has 0 saturated heterocycles. The Morgan fingerprint density at radius 2 is 1.79 bits per heavy atom. The van der Waals surface area contributed by atoms with E-state index in [2.05, 4.69) is 45.1 Å². The minimum Gasteiger partial charge on any atom is -0.309 e. The Morgan fingerprint density at radius 1 is 1.21 bits per heavy atom. The standard InChI is InChI=1S/C16H27FN2/c1-6-15(13-7-9-14(17)10-8-13)18-11-16(2,3)12-19(4)5/h7-10,15,18H,6,11-12H2,1-5H3. The summed E-state index contributed by atoms with van der Waals surface area (Å²) in [5, 5.41) is 3.60. The molecule has 0 spiro atoms. The van der Waals surface area contributed by atoms with E-state index in [1.54, 1.807) is 0 Å². The number of hydrogen-bond donors (Lipinski definition) is 1. The molecule has 0 aliphatic heterocycles. The Hall–Kier alpha value is -0.930. The van der Waals surface area contributed by atoms with Crippen molar-refractivity contribution in [2.75, 3.05) is 27.2 Å². The Bertz CT molecular complexity index is 371. The Labute approximate surface area is 117 Å². The van der Waals surface area contributed by atoms with Crippen LogP contribution in [0.1, 0.15) is 38.8 Å². The molecule has 0 heterocycles. The van der Waals surface area contributed by atoms with Crippen LogP contribution in [0.2, 0.25) is 0 Å². The minimum absolute atomic E-state index is 0.174. The first-order valence-corrected chi connectivity index (χ1v) is 6.97. The zero-order valence-electron chi connectivity index (χ0n) is 12.8. The molecule has 0 amide bonds. The van der Waals surface area contributed by atoms with Crippen LogP contribution in [0.3, 0.4) is 0 Å². The van der Waals surface area contributed by atoms with E-state index in [1.807, 2.05) is 12.1 Å². The molecule has 1 atom stereocenters. The van der Waals surface area contributed by atoms with E-state index < -0.39 is 0 Å². The number of halogens is 1. The van der Waals surface area contributed by atoms with Crippen molar-refractivity contribution in [1.82, 2.24) is 10.2 Å². The summed E-state index contributed by atoms with van der Waals surface area (Å²) in [6.45, 7) is 8.66. The van der Waals surface area contributed by atoms with Crippen molar-refractivity contribution in [1.29, 1.82) is 0 Å². The second-order valence-electron chi connectivity index (χ2n) is 6.30. The molecular weight excluding hydrogens is 239 g/mol. The van der Waals surface area contributed by atoms with Crippen LogP contribution < -0.4 is 5.32 Å². The molecule has 0 aliphatic rings. The topological polar surface area (TPSA) is 15.3 Å². The first-order valence-electron chi connectivity index (χ1n) is 6.97. The number of rotatable bonds is 7. The van der Waals surface area contributed by atoms with Crippen LogP contribution in [0.4, 0.5) is 4.39 Å². The smallest absolute Gasteiger partial charge is 0.123 e. The van der Waals surface area contributed by atoms with E-state index in [9.17, 15) is 4.39 Å². The summed E-state index contributed by atoms with van der Waals surface area (Å²) in [5.74, 6) is -0.174.